The van der Waals surface area contributed by atoms with Gasteiger partial charge in [0.15, 0.2) is 17.3 Å². The van der Waals surface area contributed by atoms with Gasteiger partial charge in [0.25, 0.3) is 0 Å². The molecule has 20 heavy (non-hydrogen) atoms. The lowest BCUT2D eigenvalue weighted by molar-refractivity contribution is 0.0822. The van der Waals surface area contributed by atoms with Crippen LogP contribution in [-0.4, -0.2) is 16.7 Å². The topological polar surface area (TPSA) is 54.4 Å². The van der Waals surface area contributed by atoms with Gasteiger partial charge in [0.1, 0.15) is 4.88 Å². The largest absolute Gasteiger partial charge is 0.505 e. The number of aromatic hydroxyl groups is 1. The molecule has 1 aromatic heterocycles. The maximum absolute atomic E-state index is 12.4. The molecule has 0 aliphatic rings. The smallest absolute Gasteiger partial charge is 0.187 e. The zero-order valence-electron chi connectivity index (χ0n) is 11.0. The Hall–Kier alpha value is -1.46. The summed E-state index contributed by atoms with van der Waals surface area (Å²) in [4.78, 5) is 25.6. The van der Waals surface area contributed by atoms with Crippen LogP contribution in [0.3, 0.4) is 0 Å². The normalized spacial score (nSPS) is 12.2. The van der Waals surface area contributed by atoms with E-state index in [0.29, 0.717) is 10.0 Å². The number of carbonyl (C=O) groups excluding carboxylic acids is 2. The molecule has 0 bridgehead atoms. The number of halogens is 1. The Kier molecular flexibility index (Phi) is 4.40. The molecule has 0 saturated carbocycles. The number of thiophene rings is 1. The second-order valence-electron chi connectivity index (χ2n) is 4.47. The van der Waals surface area contributed by atoms with Gasteiger partial charge >= 0.3 is 0 Å². The van der Waals surface area contributed by atoms with Crippen LogP contribution in [0.25, 0.3) is 0 Å². The monoisotopic (exact) mass is 352 g/mol. The van der Waals surface area contributed by atoms with Crippen LogP contribution in [0.5, 0.6) is 5.75 Å². The van der Waals surface area contributed by atoms with Crippen molar-refractivity contribution in [2.45, 2.75) is 13.8 Å². The molecule has 0 aliphatic heterocycles. The Bertz CT molecular complexity index is 661. The summed E-state index contributed by atoms with van der Waals surface area (Å²) in [7, 11) is 0. The minimum absolute atomic E-state index is 0.0785. The van der Waals surface area contributed by atoms with Crippen LogP contribution in [0.1, 0.15) is 31.8 Å². The van der Waals surface area contributed by atoms with Gasteiger partial charge < -0.3 is 5.11 Å². The zero-order valence-corrected chi connectivity index (χ0v) is 13.4. The van der Waals surface area contributed by atoms with Gasteiger partial charge in [-0.25, -0.2) is 0 Å². The third-order valence-corrected chi connectivity index (χ3v) is 5.40. The Morgan fingerprint density at radius 2 is 1.80 bits per heavy atom. The summed E-state index contributed by atoms with van der Waals surface area (Å²) < 4.78 is 0.519. The SMILES string of the molecule is Cc1sc(C(=O)C(C)C(=O)c2ccccc2)c(O)c1Br. The van der Waals surface area contributed by atoms with E-state index in [1.165, 1.54) is 11.3 Å². The quantitative estimate of drug-likeness (QED) is 0.661. The Morgan fingerprint density at radius 3 is 2.30 bits per heavy atom. The third kappa shape index (κ3) is 2.69. The van der Waals surface area contributed by atoms with E-state index >= 15 is 0 Å². The number of rotatable bonds is 4. The molecule has 1 aromatic carbocycles. The van der Waals surface area contributed by atoms with Crippen LogP contribution in [0, 0.1) is 12.8 Å². The van der Waals surface area contributed by atoms with Crippen LogP contribution in [0.15, 0.2) is 34.8 Å². The maximum atomic E-state index is 12.4. The van der Waals surface area contributed by atoms with Crippen molar-refractivity contribution in [3.05, 3.63) is 50.1 Å². The molecule has 0 saturated heterocycles. The van der Waals surface area contributed by atoms with Gasteiger partial charge in [-0.05, 0) is 29.8 Å². The van der Waals surface area contributed by atoms with E-state index in [1.807, 2.05) is 6.07 Å². The van der Waals surface area contributed by atoms with Crippen molar-refractivity contribution in [1.82, 2.24) is 0 Å². The standard InChI is InChI=1S/C15H13BrO3S/c1-8(12(17)10-6-4-3-5-7-10)13(18)15-14(19)11(16)9(2)20-15/h3-8,19H,1-2H3. The molecule has 2 rings (SSSR count). The van der Waals surface area contributed by atoms with Crippen molar-refractivity contribution in [3.8, 4) is 5.75 Å². The zero-order chi connectivity index (χ0) is 14.9. The molecule has 0 aliphatic carbocycles. The molecule has 1 N–H and O–H groups in total. The van der Waals surface area contributed by atoms with Gasteiger partial charge in [-0.3, -0.25) is 9.59 Å². The highest BCUT2D eigenvalue weighted by Crippen LogP contribution is 2.39. The van der Waals surface area contributed by atoms with Gasteiger partial charge in [0.2, 0.25) is 0 Å². The molecular formula is C15H13BrO3S. The molecule has 0 fully saturated rings. The van der Waals surface area contributed by atoms with E-state index in [9.17, 15) is 14.7 Å². The average molecular weight is 353 g/mol. The fraction of sp³-hybridized carbons (Fsp3) is 0.200. The first-order valence-electron chi connectivity index (χ1n) is 6.04. The number of benzene rings is 1. The second-order valence-corrected chi connectivity index (χ2v) is 6.48. The van der Waals surface area contributed by atoms with Crippen molar-refractivity contribution >= 4 is 38.8 Å². The van der Waals surface area contributed by atoms with E-state index in [4.69, 9.17) is 0 Å². The van der Waals surface area contributed by atoms with Gasteiger partial charge in [0.05, 0.1) is 10.4 Å². The summed E-state index contributed by atoms with van der Waals surface area (Å²) in [6.45, 7) is 3.37. The van der Waals surface area contributed by atoms with Crippen molar-refractivity contribution in [2.24, 2.45) is 5.92 Å². The number of hydrogen-bond donors (Lipinski definition) is 1. The van der Waals surface area contributed by atoms with Crippen LogP contribution in [-0.2, 0) is 0 Å². The van der Waals surface area contributed by atoms with E-state index in [0.717, 1.165) is 4.88 Å². The van der Waals surface area contributed by atoms with Gasteiger partial charge in [0, 0.05) is 10.4 Å². The lowest BCUT2D eigenvalue weighted by atomic mass is 9.94. The first kappa shape index (κ1) is 14.9. The number of carbonyl (C=O) groups is 2. The molecule has 2 aromatic rings. The highest BCUT2D eigenvalue weighted by Gasteiger charge is 2.28. The predicted octanol–water partition coefficient (Wildman–Crippen LogP) is 4.23. The lowest BCUT2D eigenvalue weighted by Gasteiger charge is -2.08. The Labute approximate surface area is 129 Å². The number of ketones is 2. The molecule has 1 unspecified atom stereocenters. The van der Waals surface area contributed by atoms with E-state index in [2.05, 4.69) is 15.9 Å². The fourth-order valence-electron chi connectivity index (χ4n) is 1.85. The molecule has 3 nitrogen and oxygen atoms in total. The highest BCUT2D eigenvalue weighted by atomic mass is 79.9. The van der Waals surface area contributed by atoms with Crippen LogP contribution in [0.4, 0.5) is 0 Å². The lowest BCUT2D eigenvalue weighted by Crippen LogP contribution is -2.20. The summed E-state index contributed by atoms with van der Waals surface area (Å²) in [5, 5.41) is 9.92. The van der Waals surface area contributed by atoms with Crippen molar-refractivity contribution in [1.29, 1.82) is 0 Å². The van der Waals surface area contributed by atoms with Crippen LogP contribution >= 0.6 is 27.3 Å². The minimum Gasteiger partial charge on any atom is -0.505 e. The minimum atomic E-state index is -0.812. The summed E-state index contributed by atoms with van der Waals surface area (Å²) in [6.07, 6.45) is 0. The number of aryl methyl sites for hydroxylation is 1. The number of Topliss-reactive ketones (excluding diaryl/α,β-unsaturated/α-hetero) is 2. The van der Waals surface area contributed by atoms with Crippen molar-refractivity contribution < 1.29 is 14.7 Å². The predicted molar refractivity (Wildman–Crippen MR) is 82.7 cm³/mol. The summed E-state index contributed by atoms with van der Waals surface area (Å²) in [6, 6.07) is 8.69. The van der Waals surface area contributed by atoms with Gasteiger partial charge in [-0.1, -0.05) is 30.3 Å². The van der Waals surface area contributed by atoms with E-state index < -0.39 is 5.92 Å². The van der Waals surface area contributed by atoms with Crippen LogP contribution in [0.2, 0.25) is 0 Å². The average Bonchev–Trinajstić information content (AvgIpc) is 2.73. The highest BCUT2D eigenvalue weighted by molar-refractivity contribution is 9.10. The third-order valence-electron chi connectivity index (χ3n) is 3.06. The summed E-state index contributed by atoms with van der Waals surface area (Å²) in [5.41, 5.74) is 0.500. The van der Waals surface area contributed by atoms with E-state index in [1.54, 1.807) is 38.1 Å². The van der Waals surface area contributed by atoms with Crippen molar-refractivity contribution in [3.63, 3.8) is 0 Å². The maximum Gasteiger partial charge on any atom is 0.187 e. The van der Waals surface area contributed by atoms with Crippen molar-refractivity contribution in [2.75, 3.05) is 0 Å². The van der Waals surface area contributed by atoms with Gasteiger partial charge in [-0.2, -0.15) is 0 Å². The molecule has 0 radical (unpaired) electrons. The second kappa shape index (κ2) is 5.89. The first-order chi connectivity index (χ1) is 9.43. The fourth-order valence-corrected chi connectivity index (χ4v) is 3.39. The summed E-state index contributed by atoms with van der Waals surface area (Å²) in [5.74, 6) is -1.48. The molecule has 0 spiro atoms. The molecule has 5 heteroatoms. The summed E-state index contributed by atoms with van der Waals surface area (Å²) >= 11 is 4.41. The van der Waals surface area contributed by atoms with Crippen LogP contribution < -0.4 is 0 Å². The Morgan fingerprint density at radius 1 is 1.20 bits per heavy atom. The van der Waals surface area contributed by atoms with Gasteiger partial charge in [-0.15, -0.1) is 11.3 Å². The first-order valence-corrected chi connectivity index (χ1v) is 7.65. The molecular weight excluding hydrogens is 340 g/mol. The molecule has 0 amide bonds. The molecule has 1 heterocycles. The van der Waals surface area contributed by atoms with E-state index in [-0.39, 0.29) is 22.2 Å². The number of hydrogen-bond acceptors (Lipinski definition) is 4. The molecule has 1 atom stereocenters. The Balaban J connectivity index is 2.29. The molecule has 104 valence electrons.